The number of ether oxygens (including phenoxy) is 2. The maximum atomic E-state index is 6.25. The van der Waals surface area contributed by atoms with Gasteiger partial charge >= 0.3 is 0 Å². The number of quaternary nitrogens is 1. The van der Waals surface area contributed by atoms with Crippen LogP contribution in [0.25, 0.3) is 0 Å². The summed E-state index contributed by atoms with van der Waals surface area (Å²) in [4.78, 5) is 0. The van der Waals surface area contributed by atoms with E-state index in [2.05, 4.69) is 71.3 Å². The van der Waals surface area contributed by atoms with Crippen LogP contribution in [0.3, 0.4) is 0 Å². The van der Waals surface area contributed by atoms with Gasteiger partial charge in [-0.05, 0) is 30.9 Å². The third-order valence-corrected chi connectivity index (χ3v) is 4.72. The summed E-state index contributed by atoms with van der Waals surface area (Å²) in [6.45, 7) is 9.92. The molecule has 1 atom stereocenters. The van der Waals surface area contributed by atoms with Crippen molar-refractivity contribution >= 4 is 0 Å². The summed E-state index contributed by atoms with van der Waals surface area (Å²) in [6, 6.07) is 18.9. The summed E-state index contributed by atoms with van der Waals surface area (Å²) in [5.74, 6) is 1.54. The van der Waals surface area contributed by atoms with Crippen molar-refractivity contribution in [3.05, 3.63) is 65.7 Å². The average Bonchev–Trinajstić information content (AvgIpc) is 2.60. The quantitative estimate of drug-likeness (QED) is 0.405. The van der Waals surface area contributed by atoms with E-state index in [1.807, 2.05) is 18.2 Å². The van der Waals surface area contributed by atoms with E-state index in [1.54, 1.807) is 0 Å². The van der Waals surface area contributed by atoms with Gasteiger partial charge in [-0.3, -0.25) is 0 Å². The van der Waals surface area contributed by atoms with Crippen molar-refractivity contribution in [2.24, 2.45) is 5.92 Å². The fraction of sp³-hybridized carbons (Fsp3) is 0.500. The van der Waals surface area contributed by atoms with E-state index in [4.69, 9.17) is 9.47 Å². The Balaban J connectivity index is 1.81. The molecule has 0 saturated heterocycles. The Morgan fingerprint density at radius 3 is 2.26 bits per heavy atom. The zero-order valence-electron chi connectivity index (χ0n) is 17.7. The second-order valence-corrected chi connectivity index (χ2v) is 8.51. The lowest BCUT2D eigenvalue weighted by Crippen LogP contribution is -2.42. The highest BCUT2D eigenvalue weighted by molar-refractivity contribution is 5.31. The zero-order chi connectivity index (χ0) is 19.7. The summed E-state index contributed by atoms with van der Waals surface area (Å²) in [7, 11) is 4.51. The van der Waals surface area contributed by atoms with Crippen molar-refractivity contribution in [3.63, 3.8) is 0 Å². The normalized spacial score (nSPS) is 13.0. The Hall–Kier alpha value is -1.84. The van der Waals surface area contributed by atoms with Crippen molar-refractivity contribution in [1.82, 2.24) is 0 Å². The number of nitrogens with zero attached hydrogens (tertiary/aromatic N) is 1. The molecular weight excluding hydrogens is 334 g/mol. The van der Waals surface area contributed by atoms with Crippen molar-refractivity contribution < 1.29 is 14.0 Å². The van der Waals surface area contributed by atoms with E-state index < -0.39 is 0 Å². The molecule has 0 aromatic heterocycles. The van der Waals surface area contributed by atoms with Crippen LogP contribution in [0.5, 0.6) is 5.75 Å². The second kappa shape index (κ2) is 10.5. The summed E-state index contributed by atoms with van der Waals surface area (Å²) in [6.07, 6.45) is 1.09. The SMILES string of the molecule is Cc1ccccc1OC(COCC[N+](C)(C)Cc1ccccc1)CC(C)C. The largest absolute Gasteiger partial charge is 0.488 e. The predicted octanol–water partition coefficient (Wildman–Crippen LogP) is 5.08. The molecule has 0 N–H and O–H groups in total. The van der Waals surface area contributed by atoms with Gasteiger partial charge in [0.15, 0.2) is 0 Å². The van der Waals surface area contributed by atoms with E-state index >= 15 is 0 Å². The van der Waals surface area contributed by atoms with Crippen LogP contribution in [0.2, 0.25) is 0 Å². The molecule has 0 radical (unpaired) electrons. The molecule has 0 aliphatic carbocycles. The van der Waals surface area contributed by atoms with E-state index in [-0.39, 0.29) is 6.10 Å². The smallest absolute Gasteiger partial charge is 0.122 e. The Labute approximate surface area is 165 Å². The molecule has 0 fully saturated rings. The standard InChI is InChI=1S/C24H36NO2/c1-20(2)17-23(27-24-14-10-9-11-21(24)3)19-26-16-15-25(4,5)18-22-12-7-6-8-13-22/h6-14,20,23H,15-19H2,1-5H3/q+1. The molecule has 0 bridgehead atoms. The lowest BCUT2D eigenvalue weighted by Gasteiger charge is -2.30. The number of para-hydroxylation sites is 1. The minimum atomic E-state index is 0.0934. The Kier molecular flexibility index (Phi) is 8.33. The molecule has 1 unspecified atom stereocenters. The minimum absolute atomic E-state index is 0.0934. The van der Waals surface area contributed by atoms with E-state index in [0.29, 0.717) is 12.5 Å². The van der Waals surface area contributed by atoms with Gasteiger partial charge < -0.3 is 14.0 Å². The van der Waals surface area contributed by atoms with Crippen LogP contribution in [0.4, 0.5) is 0 Å². The van der Waals surface area contributed by atoms with Gasteiger partial charge in [-0.2, -0.15) is 0 Å². The van der Waals surface area contributed by atoms with Crippen molar-refractivity contribution in [3.8, 4) is 5.75 Å². The van der Waals surface area contributed by atoms with Crippen LogP contribution in [0, 0.1) is 12.8 Å². The van der Waals surface area contributed by atoms with Gasteiger partial charge in [0.1, 0.15) is 24.9 Å². The molecular formula is C24H36NO2+. The van der Waals surface area contributed by atoms with Gasteiger partial charge in [0, 0.05) is 5.56 Å². The predicted molar refractivity (Wildman–Crippen MR) is 113 cm³/mol. The molecule has 27 heavy (non-hydrogen) atoms. The summed E-state index contributed by atoms with van der Waals surface area (Å²) >= 11 is 0. The highest BCUT2D eigenvalue weighted by atomic mass is 16.5. The van der Waals surface area contributed by atoms with Crippen LogP contribution in [-0.4, -0.2) is 44.4 Å². The fourth-order valence-electron chi connectivity index (χ4n) is 3.23. The van der Waals surface area contributed by atoms with E-state index in [9.17, 15) is 0 Å². The van der Waals surface area contributed by atoms with Gasteiger partial charge in [-0.25, -0.2) is 0 Å². The molecule has 2 aromatic carbocycles. The van der Waals surface area contributed by atoms with Crippen LogP contribution in [0.1, 0.15) is 31.4 Å². The summed E-state index contributed by atoms with van der Waals surface area (Å²) < 4.78 is 13.2. The Morgan fingerprint density at radius 1 is 0.926 bits per heavy atom. The fourth-order valence-corrected chi connectivity index (χ4v) is 3.23. The number of benzene rings is 2. The van der Waals surface area contributed by atoms with Gasteiger partial charge in [-0.15, -0.1) is 0 Å². The first-order valence-corrected chi connectivity index (χ1v) is 10.0. The maximum Gasteiger partial charge on any atom is 0.122 e. The van der Waals surface area contributed by atoms with E-state index in [0.717, 1.165) is 36.3 Å². The van der Waals surface area contributed by atoms with Gasteiger partial charge in [0.05, 0.1) is 27.3 Å². The minimum Gasteiger partial charge on any atom is -0.488 e. The average molecular weight is 371 g/mol. The number of aryl methyl sites for hydroxylation is 1. The first-order valence-electron chi connectivity index (χ1n) is 10.0. The molecule has 0 saturated carbocycles. The third-order valence-electron chi connectivity index (χ3n) is 4.72. The molecule has 3 heteroatoms. The molecule has 2 aromatic rings. The van der Waals surface area contributed by atoms with Gasteiger partial charge in [0.25, 0.3) is 0 Å². The highest BCUT2D eigenvalue weighted by Gasteiger charge is 2.18. The second-order valence-electron chi connectivity index (χ2n) is 8.51. The summed E-state index contributed by atoms with van der Waals surface area (Å²) in [5.41, 5.74) is 2.54. The maximum absolute atomic E-state index is 6.25. The topological polar surface area (TPSA) is 18.5 Å². The number of hydrogen-bond acceptors (Lipinski definition) is 2. The van der Waals surface area contributed by atoms with Crippen molar-refractivity contribution in [1.29, 1.82) is 0 Å². The first-order chi connectivity index (χ1) is 12.9. The van der Waals surface area contributed by atoms with Crippen molar-refractivity contribution in [2.75, 3.05) is 33.9 Å². The van der Waals surface area contributed by atoms with Crippen LogP contribution in [0.15, 0.2) is 54.6 Å². The molecule has 0 heterocycles. The number of hydrogen-bond donors (Lipinski definition) is 0. The molecule has 0 amide bonds. The van der Waals surface area contributed by atoms with Crippen molar-refractivity contribution in [2.45, 2.75) is 39.8 Å². The third kappa shape index (κ3) is 8.15. The molecule has 2 rings (SSSR count). The Bertz CT molecular complexity index is 667. The van der Waals surface area contributed by atoms with Crippen LogP contribution in [-0.2, 0) is 11.3 Å². The molecule has 0 spiro atoms. The van der Waals surface area contributed by atoms with Gasteiger partial charge in [-0.1, -0.05) is 62.4 Å². The summed E-state index contributed by atoms with van der Waals surface area (Å²) in [5, 5.41) is 0. The Morgan fingerprint density at radius 2 is 1.59 bits per heavy atom. The lowest BCUT2D eigenvalue weighted by molar-refractivity contribution is -0.904. The lowest BCUT2D eigenvalue weighted by atomic mass is 10.1. The monoisotopic (exact) mass is 370 g/mol. The van der Waals surface area contributed by atoms with E-state index in [1.165, 1.54) is 11.1 Å². The molecule has 3 nitrogen and oxygen atoms in total. The van der Waals surface area contributed by atoms with Crippen LogP contribution >= 0.6 is 0 Å². The zero-order valence-corrected chi connectivity index (χ0v) is 17.7. The first kappa shape index (κ1) is 21.5. The molecule has 0 aliphatic rings. The highest BCUT2D eigenvalue weighted by Crippen LogP contribution is 2.20. The molecule has 148 valence electrons. The van der Waals surface area contributed by atoms with Gasteiger partial charge in [0.2, 0.25) is 0 Å². The number of likely N-dealkylation sites (N-methyl/N-ethyl adjacent to an activating group) is 1. The number of rotatable bonds is 11. The molecule has 0 aliphatic heterocycles. The van der Waals surface area contributed by atoms with Crippen LogP contribution < -0.4 is 4.74 Å².